The van der Waals surface area contributed by atoms with Crippen LogP contribution in [-0.2, 0) is 19.7 Å². The third-order valence-electron chi connectivity index (χ3n) is 5.96. The summed E-state index contributed by atoms with van der Waals surface area (Å²) in [6.07, 6.45) is 1.08. The van der Waals surface area contributed by atoms with Gasteiger partial charge in [0.1, 0.15) is 24.0 Å². The first kappa shape index (κ1) is 19.8. The lowest BCUT2D eigenvalue weighted by Crippen LogP contribution is -2.22. The number of H-pyrrole nitrogens is 1. The molecule has 1 aliphatic rings. The van der Waals surface area contributed by atoms with Crippen molar-refractivity contribution in [2.45, 2.75) is 39.0 Å². The van der Waals surface area contributed by atoms with Crippen molar-refractivity contribution in [1.82, 2.24) is 24.6 Å². The van der Waals surface area contributed by atoms with Crippen molar-refractivity contribution in [3.05, 3.63) is 77.6 Å². The van der Waals surface area contributed by atoms with Gasteiger partial charge in [-0.1, -0.05) is 12.1 Å². The zero-order valence-electron chi connectivity index (χ0n) is 17.6. The van der Waals surface area contributed by atoms with Crippen molar-refractivity contribution in [3.8, 4) is 5.75 Å². The van der Waals surface area contributed by atoms with Crippen LogP contribution >= 0.6 is 0 Å². The van der Waals surface area contributed by atoms with E-state index in [1.165, 1.54) is 17.6 Å². The van der Waals surface area contributed by atoms with E-state index in [0.717, 1.165) is 55.3 Å². The quantitative estimate of drug-likeness (QED) is 0.480. The maximum atomic E-state index is 13.0. The SMILES string of the molecule is CCn1c(CN2CC[C@@H](c3cc(COc4ccc(F)cc4)[nH]n3)C2)nc2ccccc21. The summed E-state index contributed by atoms with van der Waals surface area (Å²) in [5, 5.41) is 7.60. The zero-order chi connectivity index (χ0) is 21.2. The average Bonchev–Trinajstić information content (AvgIpc) is 3.51. The molecule has 0 radical (unpaired) electrons. The van der Waals surface area contributed by atoms with E-state index in [0.29, 0.717) is 18.3 Å². The number of likely N-dealkylation sites (tertiary alicyclic amines) is 1. The number of imidazole rings is 1. The van der Waals surface area contributed by atoms with Gasteiger partial charge in [-0.25, -0.2) is 9.37 Å². The Morgan fingerprint density at radius 3 is 2.84 bits per heavy atom. The number of aryl methyl sites for hydroxylation is 1. The molecule has 0 amide bonds. The molecule has 1 atom stereocenters. The Hall–Kier alpha value is -3.19. The van der Waals surface area contributed by atoms with Gasteiger partial charge in [-0.05, 0) is 62.4 Å². The molecule has 1 fully saturated rings. The summed E-state index contributed by atoms with van der Waals surface area (Å²) < 4.78 is 21.0. The highest BCUT2D eigenvalue weighted by atomic mass is 19.1. The predicted octanol–water partition coefficient (Wildman–Crippen LogP) is 4.49. The van der Waals surface area contributed by atoms with Gasteiger partial charge in [-0.2, -0.15) is 5.10 Å². The molecular weight excluding hydrogens is 393 g/mol. The Morgan fingerprint density at radius 2 is 2.00 bits per heavy atom. The molecular formula is C24H26FN5O. The van der Waals surface area contributed by atoms with Crippen molar-refractivity contribution in [1.29, 1.82) is 0 Å². The molecule has 31 heavy (non-hydrogen) atoms. The summed E-state index contributed by atoms with van der Waals surface area (Å²) in [5.41, 5.74) is 4.26. The molecule has 4 aromatic rings. The first-order valence-electron chi connectivity index (χ1n) is 10.8. The van der Waals surface area contributed by atoms with E-state index in [4.69, 9.17) is 9.72 Å². The fourth-order valence-electron chi connectivity index (χ4n) is 4.37. The first-order valence-corrected chi connectivity index (χ1v) is 10.8. The Kier molecular flexibility index (Phi) is 5.42. The average molecular weight is 420 g/mol. The number of hydrogen-bond donors (Lipinski definition) is 1. The highest BCUT2D eigenvalue weighted by Crippen LogP contribution is 2.28. The molecule has 2 aromatic carbocycles. The summed E-state index contributed by atoms with van der Waals surface area (Å²) in [4.78, 5) is 7.33. The van der Waals surface area contributed by atoms with Crippen molar-refractivity contribution < 1.29 is 9.13 Å². The van der Waals surface area contributed by atoms with Crippen LogP contribution in [0.15, 0.2) is 54.6 Å². The minimum atomic E-state index is -0.267. The van der Waals surface area contributed by atoms with Gasteiger partial charge in [0.05, 0.1) is 29.0 Å². The van der Waals surface area contributed by atoms with Crippen molar-refractivity contribution >= 4 is 11.0 Å². The summed E-state index contributed by atoms with van der Waals surface area (Å²) in [5.74, 6) is 1.90. The smallest absolute Gasteiger partial charge is 0.130 e. The van der Waals surface area contributed by atoms with E-state index in [1.807, 2.05) is 6.07 Å². The predicted molar refractivity (Wildman–Crippen MR) is 117 cm³/mol. The maximum Gasteiger partial charge on any atom is 0.130 e. The van der Waals surface area contributed by atoms with Crippen LogP contribution in [0.3, 0.4) is 0 Å². The molecule has 0 spiro atoms. The Morgan fingerprint density at radius 1 is 1.16 bits per heavy atom. The number of halogens is 1. The molecule has 2 aromatic heterocycles. The van der Waals surface area contributed by atoms with Gasteiger partial charge in [0, 0.05) is 19.0 Å². The summed E-state index contributed by atoms with van der Waals surface area (Å²) in [7, 11) is 0. The van der Waals surface area contributed by atoms with E-state index < -0.39 is 0 Å². The number of aromatic amines is 1. The Bertz CT molecular complexity index is 1170. The second-order valence-electron chi connectivity index (χ2n) is 8.04. The lowest BCUT2D eigenvalue weighted by molar-refractivity contribution is 0.300. The number of nitrogens with zero attached hydrogens (tertiary/aromatic N) is 4. The summed E-state index contributed by atoms with van der Waals surface area (Å²) >= 11 is 0. The van der Waals surface area contributed by atoms with Crippen molar-refractivity contribution in [3.63, 3.8) is 0 Å². The van der Waals surface area contributed by atoms with E-state index in [2.05, 4.69) is 50.9 Å². The molecule has 0 aliphatic carbocycles. The third kappa shape index (κ3) is 4.18. The summed E-state index contributed by atoms with van der Waals surface area (Å²) in [6.45, 7) is 6.33. The molecule has 0 unspecified atom stereocenters. The van der Waals surface area contributed by atoms with Gasteiger partial charge in [-0.3, -0.25) is 10.00 Å². The lowest BCUT2D eigenvalue weighted by atomic mass is 10.1. The summed E-state index contributed by atoms with van der Waals surface area (Å²) in [6, 6.07) is 16.5. The molecule has 1 aliphatic heterocycles. The monoisotopic (exact) mass is 419 g/mol. The minimum Gasteiger partial charge on any atom is -0.487 e. The molecule has 5 rings (SSSR count). The van der Waals surface area contributed by atoms with E-state index in [1.54, 1.807) is 12.1 Å². The molecule has 0 bridgehead atoms. The third-order valence-corrected chi connectivity index (χ3v) is 5.96. The van der Waals surface area contributed by atoms with Crippen LogP contribution in [0.4, 0.5) is 4.39 Å². The van der Waals surface area contributed by atoms with E-state index >= 15 is 0 Å². The number of ether oxygens (including phenoxy) is 1. The fourth-order valence-corrected chi connectivity index (χ4v) is 4.37. The molecule has 6 nitrogen and oxygen atoms in total. The van der Waals surface area contributed by atoms with Gasteiger partial charge in [0.15, 0.2) is 0 Å². The molecule has 7 heteroatoms. The number of aromatic nitrogens is 4. The van der Waals surface area contributed by atoms with Crippen LogP contribution in [0.1, 0.15) is 36.5 Å². The van der Waals surface area contributed by atoms with Crippen LogP contribution in [0.2, 0.25) is 0 Å². The lowest BCUT2D eigenvalue weighted by Gasteiger charge is -2.16. The van der Waals surface area contributed by atoms with Crippen LogP contribution in [-0.4, -0.2) is 37.7 Å². The fraction of sp³-hybridized carbons (Fsp3) is 0.333. The van der Waals surface area contributed by atoms with E-state index in [-0.39, 0.29) is 5.82 Å². The van der Waals surface area contributed by atoms with Crippen molar-refractivity contribution in [2.75, 3.05) is 13.1 Å². The highest BCUT2D eigenvalue weighted by Gasteiger charge is 2.27. The van der Waals surface area contributed by atoms with Crippen LogP contribution in [0.5, 0.6) is 5.75 Å². The largest absolute Gasteiger partial charge is 0.487 e. The normalized spacial score (nSPS) is 16.9. The van der Waals surface area contributed by atoms with Crippen LogP contribution in [0.25, 0.3) is 11.0 Å². The highest BCUT2D eigenvalue weighted by molar-refractivity contribution is 5.75. The van der Waals surface area contributed by atoms with Gasteiger partial charge >= 0.3 is 0 Å². The number of hydrogen-bond acceptors (Lipinski definition) is 4. The first-order chi connectivity index (χ1) is 15.2. The topological polar surface area (TPSA) is 59.0 Å². The number of fused-ring (bicyclic) bond motifs is 1. The van der Waals surface area contributed by atoms with Gasteiger partial charge in [-0.15, -0.1) is 0 Å². The van der Waals surface area contributed by atoms with Gasteiger partial charge in [0.2, 0.25) is 0 Å². The van der Waals surface area contributed by atoms with E-state index in [9.17, 15) is 4.39 Å². The van der Waals surface area contributed by atoms with Gasteiger partial charge in [0.25, 0.3) is 0 Å². The molecule has 0 saturated carbocycles. The number of rotatable bonds is 7. The zero-order valence-corrected chi connectivity index (χ0v) is 17.6. The number of nitrogens with one attached hydrogen (secondary N) is 1. The number of benzene rings is 2. The molecule has 1 saturated heterocycles. The Labute approximate surface area is 180 Å². The molecule has 160 valence electrons. The second-order valence-corrected chi connectivity index (χ2v) is 8.04. The van der Waals surface area contributed by atoms with Gasteiger partial charge < -0.3 is 9.30 Å². The Balaban J connectivity index is 1.21. The minimum absolute atomic E-state index is 0.267. The molecule has 1 N–H and O–H groups in total. The van der Waals surface area contributed by atoms with Crippen molar-refractivity contribution in [2.24, 2.45) is 0 Å². The number of para-hydroxylation sites is 2. The van der Waals surface area contributed by atoms with Crippen LogP contribution < -0.4 is 4.74 Å². The van der Waals surface area contributed by atoms with Crippen LogP contribution in [0, 0.1) is 5.82 Å². The second kappa shape index (κ2) is 8.51. The maximum absolute atomic E-state index is 13.0. The standard InChI is InChI=1S/C24H26FN5O/c1-2-30-23-6-4-3-5-21(23)26-24(30)15-29-12-11-17(14-29)22-13-19(27-28-22)16-31-20-9-7-18(25)8-10-20/h3-10,13,17H,2,11-12,14-16H2,1H3,(H,27,28)/t17-/m1/s1. The molecule has 3 heterocycles.